The number of nitrogens with zero attached hydrogens (tertiary/aromatic N) is 2. The molecule has 1 aromatic heterocycles. The van der Waals surface area contributed by atoms with E-state index < -0.39 is 0 Å². The molecule has 1 fully saturated rings. The van der Waals surface area contributed by atoms with E-state index in [9.17, 15) is 0 Å². The molecule has 0 saturated carbocycles. The third-order valence-electron chi connectivity index (χ3n) is 2.84. The van der Waals surface area contributed by atoms with Crippen molar-refractivity contribution in [3.8, 4) is 0 Å². The fourth-order valence-electron chi connectivity index (χ4n) is 1.99. The lowest BCUT2D eigenvalue weighted by molar-refractivity contribution is 0.0842. The molecular weight excluding hydrogens is 235 g/mol. The second-order valence-corrected chi connectivity index (χ2v) is 4.42. The van der Waals surface area contributed by atoms with Crippen LogP contribution in [0.4, 0.5) is 0 Å². The Morgan fingerprint density at radius 3 is 2.73 bits per heavy atom. The normalized spacial score (nSPS) is 18.3. The number of halogens is 2. The zero-order chi connectivity index (χ0) is 10.8. The van der Waals surface area contributed by atoms with Crippen LogP contribution in [0.1, 0.15) is 30.0 Å². The smallest absolute Gasteiger partial charge is 0.131 e. The largest absolute Gasteiger partial charge is 0.381 e. The van der Waals surface area contributed by atoms with Crippen LogP contribution in [0.2, 0.25) is 5.15 Å². The van der Waals surface area contributed by atoms with Crippen LogP contribution in [0.15, 0.2) is 0 Å². The summed E-state index contributed by atoms with van der Waals surface area (Å²) in [7, 11) is 1.85. The standard InChI is InChI=1S/C10H14Cl2N2O/c1-14-10(12)8(6-11)9(13-14)7-2-4-15-5-3-7/h7H,2-6H2,1H3. The van der Waals surface area contributed by atoms with Crippen LogP contribution in [0.3, 0.4) is 0 Å². The van der Waals surface area contributed by atoms with E-state index in [2.05, 4.69) is 5.10 Å². The Kier molecular flexibility index (Phi) is 3.54. The molecule has 1 saturated heterocycles. The molecule has 0 radical (unpaired) electrons. The molecule has 0 amide bonds. The Balaban J connectivity index is 2.29. The van der Waals surface area contributed by atoms with Gasteiger partial charge in [0.05, 0.1) is 11.6 Å². The summed E-state index contributed by atoms with van der Waals surface area (Å²) >= 11 is 12.0. The molecule has 1 aliphatic rings. The Morgan fingerprint density at radius 2 is 2.13 bits per heavy atom. The molecule has 1 aromatic rings. The van der Waals surface area contributed by atoms with Gasteiger partial charge in [0.15, 0.2) is 0 Å². The summed E-state index contributed by atoms with van der Waals surface area (Å²) in [5, 5.41) is 5.11. The minimum absolute atomic E-state index is 0.430. The van der Waals surface area contributed by atoms with Crippen molar-refractivity contribution >= 4 is 23.2 Å². The highest BCUT2D eigenvalue weighted by molar-refractivity contribution is 6.31. The first-order valence-electron chi connectivity index (χ1n) is 5.09. The van der Waals surface area contributed by atoms with E-state index in [4.69, 9.17) is 27.9 Å². The predicted octanol–water partition coefficient (Wildman–Crippen LogP) is 2.71. The summed E-state index contributed by atoms with van der Waals surface area (Å²) in [5.74, 6) is 0.880. The second kappa shape index (κ2) is 4.73. The minimum atomic E-state index is 0.430. The Labute approximate surface area is 99.3 Å². The lowest BCUT2D eigenvalue weighted by atomic mass is 9.94. The van der Waals surface area contributed by atoms with Crippen LogP contribution in [0.25, 0.3) is 0 Å². The van der Waals surface area contributed by atoms with E-state index in [1.807, 2.05) is 7.05 Å². The predicted molar refractivity (Wildman–Crippen MR) is 60.6 cm³/mol. The fraction of sp³-hybridized carbons (Fsp3) is 0.700. The van der Waals surface area contributed by atoms with Crippen molar-refractivity contribution < 1.29 is 4.74 Å². The topological polar surface area (TPSA) is 27.1 Å². The zero-order valence-corrected chi connectivity index (χ0v) is 10.2. The average Bonchev–Trinajstić information content (AvgIpc) is 2.56. The molecule has 0 bridgehead atoms. The highest BCUT2D eigenvalue weighted by Crippen LogP contribution is 2.32. The first-order chi connectivity index (χ1) is 7.24. The van der Waals surface area contributed by atoms with E-state index >= 15 is 0 Å². The molecule has 1 aliphatic heterocycles. The number of rotatable bonds is 2. The van der Waals surface area contributed by atoms with Gasteiger partial charge >= 0.3 is 0 Å². The van der Waals surface area contributed by atoms with Gasteiger partial charge in [0.2, 0.25) is 0 Å². The maximum Gasteiger partial charge on any atom is 0.131 e. The summed E-state index contributed by atoms with van der Waals surface area (Å²) in [4.78, 5) is 0. The average molecular weight is 249 g/mol. The molecule has 0 N–H and O–H groups in total. The molecule has 84 valence electrons. The van der Waals surface area contributed by atoms with Crippen LogP contribution in [0.5, 0.6) is 0 Å². The number of hydrogen-bond acceptors (Lipinski definition) is 2. The molecule has 0 aliphatic carbocycles. The van der Waals surface area contributed by atoms with Crippen molar-refractivity contribution in [2.24, 2.45) is 7.05 Å². The van der Waals surface area contributed by atoms with E-state index in [1.54, 1.807) is 4.68 Å². The monoisotopic (exact) mass is 248 g/mol. The van der Waals surface area contributed by atoms with Gasteiger partial charge in [-0.2, -0.15) is 5.10 Å². The molecule has 3 nitrogen and oxygen atoms in total. The van der Waals surface area contributed by atoms with Crippen molar-refractivity contribution in [2.45, 2.75) is 24.6 Å². The number of aryl methyl sites for hydroxylation is 1. The molecule has 0 unspecified atom stereocenters. The van der Waals surface area contributed by atoms with Gasteiger partial charge in [-0.15, -0.1) is 11.6 Å². The Hall–Kier alpha value is -0.250. The number of hydrogen-bond donors (Lipinski definition) is 0. The van der Waals surface area contributed by atoms with Crippen LogP contribution in [-0.2, 0) is 17.7 Å². The van der Waals surface area contributed by atoms with E-state index in [-0.39, 0.29) is 0 Å². The van der Waals surface area contributed by atoms with Gasteiger partial charge in [-0.1, -0.05) is 11.6 Å². The summed E-state index contributed by atoms with van der Waals surface area (Å²) in [6, 6.07) is 0. The van der Waals surface area contributed by atoms with Crippen LogP contribution in [0, 0.1) is 0 Å². The summed E-state index contributed by atoms with van der Waals surface area (Å²) in [6.07, 6.45) is 2.02. The SMILES string of the molecule is Cn1nc(C2CCOCC2)c(CCl)c1Cl. The first-order valence-corrected chi connectivity index (χ1v) is 6.00. The van der Waals surface area contributed by atoms with Gasteiger partial charge in [0, 0.05) is 31.7 Å². The molecule has 15 heavy (non-hydrogen) atoms. The van der Waals surface area contributed by atoms with Crippen molar-refractivity contribution in [1.82, 2.24) is 9.78 Å². The van der Waals surface area contributed by atoms with Crippen molar-refractivity contribution in [3.05, 3.63) is 16.4 Å². The molecule has 0 atom stereocenters. The first kappa shape index (κ1) is 11.2. The Morgan fingerprint density at radius 1 is 1.47 bits per heavy atom. The van der Waals surface area contributed by atoms with Crippen molar-refractivity contribution in [3.63, 3.8) is 0 Å². The molecule has 5 heteroatoms. The third-order valence-corrected chi connectivity index (χ3v) is 3.58. The Bertz CT molecular complexity index is 345. The second-order valence-electron chi connectivity index (χ2n) is 3.80. The van der Waals surface area contributed by atoms with Gasteiger partial charge < -0.3 is 4.74 Å². The molecule has 0 spiro atoms. The van der Waals surface area contributed by atoms with Crippen LogP contribution < -0.4 is 0 Å². The highest BCUT2D eigenvalue weighted by atomic mass is 35.5. The highest BCUT2D eigenvalue weighted by Gasteiger charge is 2.24. The van der Waals surface area contributed by atoms with Gasteiger partial charge in [-0.25, -0.2) is 0 Å². The molecule has 2 rings (SSSR count). The molecule has 0 aromatic carbocycles. The lowest BCUT2D eigenvalue weighted by Crippen LogP contribution is -2.15. The molecular formula is C10H14Cl2N2O. The zero-order valence-electron chi connectivity index (χ0n) is 8.67. The maximum atomic E-state index is 6.12. The van der Waals surface area contributed by atoms with Gasteiger partial charge in [0.1, 0.15) is 5.15 Å². The quantitative estimate of drug-likeness (QED) is 0.753. The van der Waals surface area contributed by atoms with Gasteiger partial charge in [0.25, 0.3) is 0 Å². The number of alkyl halides is 1. The van der Waals surface area contributed by atoms with E-state index in [0.717, 1.165) is 37.3 Å². The summed E-state index contributed by atoms with van der Waals surface area (Å²) in [6.45, 7) is 1.61. The number of ether oxygens (including phenoxy) is 1. The van der Waals surface area contributed by atoms with Crippen LogP contribution >= 0.6 is 23.2 Å². The van der Waals surface area contributed by atoms with Crippen molar-refractivity contribution in [2.75, 3.05) is 13.2 Å². The van der Waals surface area contributed by atoms with E-state index in [1.165, 1.54) is 0 Å². The summed E-state index contributed by atoms with van der Waals surface area (Å²) < 4.78 is 7.03. The maximum absolute atomic E-state index is 6.12. The van der Waals surface area contributed by atoms with Gasteiger partial charge in [-0.05, 0) is 12.8 Å². The molecule has 2 heterocycles. The third kappa shape index (κ3) is 2.14. The minimum Gasteiger partial charge on any atom is -0.381 e. The summed E-state index contributed by atoms with van der Waals surface area (Å²) in [5.41, 5.74) is 2.04. The van der Waals surface area contributed by atoms with Crippen LogP contribution in [-0.4, -0.2) is 23.0 Å². The van der Waals surface area contributed by atoms with Gasteiger partial charge in [-0.3, -0.25) is 4.68 Å². The van der Waals surface area contributed by atoms with Crippen molar-refractivity contribution in [1.29, 1.82) is 0 Å². The van der Waals surface area contributed by atoms with E-state index in [0.29, 0.717) is 17.0 Å². The fourth-order valence-corrected chi connectivity index (χ4v) is 2.52. The lowest BCUT2D eigenvalue weighted by Gasteiger charge is -2.21. The number of aromatic nitrogens is 2.